The van der Waals surface area contributed by atoms with Gasteiger partial charge in [-0.15, -0.1) is 0 Å². The number of aromatic nitrogens is 2. The fourth-order valence-corrected chi connectivity index (χ4v) is 3.39. The smallest absolute Gasteiger partial charge is 0.245 e. The molecule has 8 heteroatoms. The lowest BCUT2D eigenvalue weighted by molar-refractivity contribution is -0.117. The number of amides is 1. The largest absolute Gasteiger partial charge is 0.457 e. The molecule has 2 aromatic carbocycles. The van der Waals surface area contributed by atoms with E-state index in [0.29, 0.717) is 23.1 Å². The minimum atomic E-state index is -0.405. The molecule has 1 aliphatic rings. The van der Waals surface area contributed by atoms with Crippen LogP contribution in [-0.4, -0.2) is 28.1 Å². The molecule has 0 saturated carbocycles. The van der Waals surface area contributed by atoms with Crippen LogP contribution in [0.4, 0.5) is 23.0 Å². The second-order valence-electron chi connectivity index (χ2n) is 6.81. The molecule has 0 spiro atoms. The molecule has 3 aromatic rings. The van der Waals surface area contributed by atoms with Gasteiger partial charge < -0.3 is 26.0 Å². The molecule has 4 N–H and O–H groups in total. The normalized spacial score (nSPS) is 17.4. The van der Waals surface area contributed by atoms with Crippen molar-refractivity contribution in [2.24, 2.45) is 0 Å². The number of carbonyl (C=O) groups is 1. The summed E-state index contributed by atoms with van der Waals surface area (Å²) in [6.45, 7) is 5.49. The Bertz CT molecular complexity index is 1050. The van der Waals surface area contributed by atoms with E-state index >= 15 is 0 Å². The molecule has 0 bridgehead atoms. The van der Waals surface area contributed by atoms with E-state index in [1.165, 1.54) is 12.4 Å². The highest BCUT2D eigenvalue weighted by Gasteiger charge is 2.35. The molecule has 152 valence electrons. The van der Waals surface area contributed by atoms with Crippen molar-refractivity contribution in [1.82, 2.24) is 15.3 Å². The summed E-state index contributed by atoms with van der Waals surface area (Å²) >= 11 is 0. The third kappa shape index (κ3) is 3.75. The molecular weight excluding hydrogens is 380 g/mol. The Morgan fingerprint density at radius 1 is 1.17 bits per heavy atom. The van der Waals surface area contributed by atoms with Crippen molar-refractivity contribution in [2.45, 2.75) is 19.1 Å². The van der Waals surface area contributed by atoms with Gasteiger partial charge in [0.1, 0.15) is 29.7 Å². The molecule has 30 heavy (non-hydrogen) atoms. The Kier molecular flexibility index (Phi) is 5.21. The molecule has 0 saturated heterocycles. The van der Waals surface area contributed by atoms with Gasteiger partial charge in [-0.1, -0.05) is 24.8 Å². The number of fused-ring (bicyclic) bond motifs is 1. The molecule has 8 nitrogen and oxygen atoms in total. The minimum absolute atomic E-state index is 0.185. The number of ether oxygens (including phenoxy) is 1. The molecule has 1 amide bonds. The van der Waals surface area contributed by atoms with Gasteiger partial charge >= 0.3 is 0 Å². The molecule has 0 aliphatic carbocycles. The lowest BCUT2D eigenvalue weighted by Crippen LogP contribution is -2.56. The van der Waals surface area contributed by atoms with E-state index in [4.69, 9.17) is 10.5 Å². The minimum Gasteiger partial charge on any atom is -0.457 e. The van der Waals surface area contributed by atoms with E-state index in [0.717, 1.165) is 11.4 Å². The van der Waals surface area contributed by atoms with Gasteiger partial charge in [0.2, 0.25) is 5.91 Å². The third-order valence-electron chi connectivity index (χ3n) is 4.85. The number of para-hydroxylation sites is 1. The maximum Gasteiger partial charge on any atom is 0.245 e. The van der Waals surface area contributed by atoms with E-state index in [1.807, 2.05) is 66.4 Å². The number of carbonyl (C=O) groups excluding carboxylic acids is 1. The molecule has 1 unspecified atom stereocenters. The SMILES string of the molecule is C=CC(=O)N[C@H]1Nc2ncnc(N)c2N(c2ccc(Oc3ccccc3)cc2)C1C. The number of nitrogen functional groups attached to an aromatic ring is 1. The van der Waals surface area contributed by atoms with Crippen molar-refractivity contribution >= 4 is 28.9 Å². The lowest BCUT2D eigenvalue weighted by atomic mass is 10.1. The van der Waals surface area contributed by atoms with E-state index in [-0.39, 0.29) is 11.9 Å². The predicted molar refractivity (Wildman–Crippen MR) is 117 cm³/mol. The van der Waals surface area contributed by atoms with Gasteiger partial charge in [0.25, 0.3) is 0 Å². The quantitative estimate of drug-likeness (QED) is 0.562. The average Bonchev–Trinajstić information content (AvgIpc) is 2.76. The number of rotatable bonds is 5. The average molecular weight is 402 g/mol. The summed E-state index contributed by atoms with van der Waals surface area (Å²) in [7, 11) is 0. The Morgan fingerprint density at radius 2 is 1.87 bits per heavy atom. The molecule has 0 radical (unpaired) electrons. The van der Waals surface area contributed by atoms with Crippen LogP contribution in [0.15, 0.2) is 73.6 Å². The number of nitrogens with two attached hydrogens (primary N) is 1. The summed E-state index contributed by atoms with van der Waals surface area (Å²) < 4.78 is 5.88. The number of hydrogen-bond acceptors (Lipinski definition) is 7. The lowest BCUT2D eigenvalue weighted by Gasteiger charge is -2.42. The molecule has 1 aliphatic heterocycles. The topological polar surface area (TPSA) is 105 Å². The molecule has 4 rings (SSSR count). The van der Waals surface area contributed by atoms with Crippen LogP contribution in [0.1, 0.15) is 6.92 Å². The Balaban J connectivity index is 1.67. The van der Waals surface area contributed by atoms with Crippen LogP contribution in [0.3, 0.4) is 0 Å². The van der Waals surface area contributed by atoms with Crippen LogP contribution in [0.2, 0.25) is 0 Å². The van der Waals surface area contributed by atoms with Crippen molar-refractivity contribution in [3.63, 3.8) is 0 Å². The highest BCUT2D eigenvalue weighted by Crippen LogP contribution is 2.41. The van der Waals surface area contributed by atoms with E-state index in [2.05, 4.69) is 27.2 Å². The fourth-order valence-electron chi connectivity index (χ4n) is 3.39. The molecule has 2 heterocycles. The first-order valence-electron chi connectivity index (χ1n) is 9.49. The monoisotopic (exact) mass is 402 g/mol. The highest BCUT2D eigenvalue weighted by atomic mass is 16.5. The summed E-state index contributed by atoms with van der Waals surface area (Å²) in [5.74, 6) is 2.08. The number of hydrogen-bond donors (Lipinski definition) is 3. The predicted octanol–water partition coefficient (Wildman–Crippen LogP) is 3.43. The third-order valence-corrected chi connectivity index (χ3v) is 4.85. The van der Waals surface area contributed by atoms with Crippen molar-refractivity contribution in [3.05, 3.63) is 73.6 Å². The van der Waals surface area contributed by atoms with Crippen LogP contribution in [0.5, 0.6) is 11.5 Å². The van der Waals surface area contributed by atoms with Crippen molar-refractivity contribution in [2.75, 3.05) is 16.0 Å². The first kappa shape index (κ1) is 19.3. The summed E-state index contributed by atoms with van der Waals surface area (Å²) in [6.07, 6.45) is 2.22. The second-order valence-corrected chi connectivity index (χ2v) is 6.81. The van der Waals surface area contributed by atoms with Gasteiger partial charge in [-0.3, -0.25) is 4.79 Å². The highest BCUT2D eigenvalue weighted by molar-refractivity contribution is 5.89. The van der Waals surface area contributed by atoms with Crippen LogP contribution < -0.4 is 26.0 Å². The number of anilines is 4. The Labute approximate surface area is 174 Å². The summed E-state index contributed by atoms with van der Waals surface area (Å²) in [5.41, 5.74) is 7.70. The molecule has 2 atom stereocenters. The number of nitrogens with one attached hydrogen (secondary N) is 2. The molecular formula is C22H22N6O2. The van der Waals surface area contributed by atoms with Gasteiger partial charge in [-0.2, -0.15) is 0 Å². The number of benzene rings is 2. The Morgan fingerprint density at radius 3 is 2.57 bits per heavy atom. The van der Waals surface area contributed by atoms with Gasteiger partial charge in [0.15, 0.2) is 11.6 Å². The zero-order chi connectivity index (χ0) is 21.1. The van der Waals surface area contributed by atoms with Gasteiger partial charge in [0.05, 0.1) is 6.04 Å². The van der Waals surface area contributed by atoms with Gasteiger partial charge in [0, 0.05) is 5.69 Å². The van der Waals surface area contributed by atoms with E-state index in [1.54, 1.807) is 0 Å². The Hall–Kier alpha value is -4.07. The van der Waals surface area contributed by atoms with Gasteiger partial charge in [-0.05, 0) is 49.4 Å². The van der Waals surface area contributed by atoms with Crippen molar-refractivity contribution in [3.8, 4) is 11.5 Å². The number of nitrogens with zero attached hydrogens (tertiary/aromatic N) is 3. The molecule has 1 aromatic heterocycles. The summed E-state index contributed by atoms with van der Waals surface area (Å²) in [4.78, 5) is 22.3. The molecule has 0 fully saturated rings. The fraction of sp³-hybridized carbons (Fsp3) is 0.136. The van der Waals surface area contributed by atoms with Crippen LogP contribution in [0.25, 0.3) is 0 Å². The zero-order valence-electron chi connectivity index (χ0n) is 16.4. The summed E-state index contributed by atoms with van der Waals surface area (Å²) in [6, 6.07) is 17.0. The van der Waals surface area contributed by atoms with Crippen molar-refractivity contribution < 1.29 is 9.53 Å². The van der Waals surface area contributed by atoms with Crippen LogP contribution in [0, 0.1) is 0 Å². The first-order valence-corrected chi connectivity index (χ1v) is 9.49. The van der Waals surface area contributed by atoms with Crippen LogP contribution in [-0.2, 0) is 4.79 Å². The summed E-state index contributed by atoms with van der Waals surface area (Å²) in [5, 5.41) is 6.11. The van der Waals surface area contributed by atoms with Crippen LogP contribution >= 0.6 is 0 Å². The maximum absolute atomic E-state index is 11.9. The maximum atomic E-state index is 11.9. The van der Waals surface area contributed by atoms with E-state index in [9.17, 15) is 4.79 Å². The first-order chi connectivity index (χ1) is 14.6. The zero-order valence-corrected chi connectivity index (χ0v) is 16.4. The standard InChI is InChI=1S/C22H22N6O2/c1-3-18(29)26-21-14(2)28(19-20(23)24-13-25-22(19)27-21)15-9-11-17(12-10-15)30-16-7-5-4-6-8-16/h3-14,21H,1H2,2H3,(H,26,29)(H3,23,24,25,27)/t14?,21-/m0/s1. The second kappa shape index (κ2) is 8.12. The van der Waals surface area contributed by atoms with Crippen molar-refractivity contribution in [1.29, 1.82) is 0 Å². The van der Waals surface area contributed by atoms with E-state index < -0.39 is 6.17 Å². The van der Waals surface area contributed by atoms with Gasteiger partial charge in [-0.25, -0.2) is 9.97 Å².